The van der Waals surface area contributed by atoms with Crippen LogP contribution in [0.5, 0.6) is 0 Å². The summed E-state index contributed by atoms with van der Waals surface area (Å²) in [5.74, 6) is 0. The Morgan fingerprint density at radius 2 is 1.02 bits per heavy atom. The summed E-state index contributed by atoms with van der Waals surface area (Å²) < 4.78 is 43.7. The largest absolute Gasteiger partial charge is 0.340 e. The van der Waals surface area contributed by atoms with Crippen molar-refractivity contribution in [2.45, 2.75) is 44.4 Å². The molecule has 0 bridgehead atoms. The average Bonchev–Trinajstić information content (AvgIpc) is 2.95. The van der Waals surface area contributed by atoms with E-state index in [-0.39, 0.29) is 16.9 Å². The molecular weight excluding hydrogens is 634 g/mol. The Hall–Kier alpha value is -1.41. The molecule has 12 nitrogen and oxygen atoms in total. The molecule has 0 aliphatic heterocycles. The number of nitro groups is 2. The first kappa shape index (κ1) is 41.7. The van der Waals surface area contributed by atoms with E-state index in [1.807, 2.05) is 0 Å². The van der Waals surface area contributed by atoms with Crippen molar-refractivity contribution >= 4 is 63.6 Å². The molecule has 2 aromatic rings. The van der Waals surface area contributed by atoms with E-state index in [0.29, 0.717) is 32.6 Å². The van der Waals surface area contributed by atoms with Gasteiger partial charge in [0.25, 0.3) is 11.4 Å². The van der Waals surface area contributed by atoms with E-state index in [1.165, 1.54) is 36.0 Å². The number of non-ortho nitro benzene ring substituents is 2. The zero-order valence-corrected chi connectivity index (χ0v) is 28.4. The Morgan fingerprint density at radius 1 is 0.683 bits per heavy atom. The van der Waals surface area contributed by atoms with Gasteiger partial charge in [0.2, 0.25) is 0 Å². The van der Waals surface area contributed by atoms with Crippen LogP contribution in [-0.4, -0.2) is 54.2 Å². The Morgan fingerprint density at radius 3 is 1.34 bits per heavy atom. The van der Waals surface area contributed by atoms with Gasteiger partial charge in [-0.3, -0.25) is 29.4 Å². The Balaban J connectivity index is 0. The van der Waals surface area contributed by atoms with Gasteiger partial charge in [0, 0.05) is 40.2 Å². The summed E-state index contributed by atoms with van der Waals surface area (Å²) in [6.07, 6.45) is 2.15. The molecule has 0 amide bonds. The maximum atomic E-state index is 12.2. The number of hydrogen-bond donors (Lipinski definition) is 2. The summed E-state index contributed by atoms with van der Waals surface area (Å²) in [7, 11) is -5.79. The molecule has 0 N–H and O–H groups in total. The molecule has 41 heavy (non-hydrogen) atoms. The molecule has 0 heterocycles. The molecule has 0 aromatic heterocycles. The van der Waals surface area contributed by atoms with Gasteiger partial charge in [0.05, 0.1) is 36.3 Å². The summed E-state index contributed by atoms with van der Waals surface area (Å²) in [5, 5.41) is 20.6. The standard InChI is InChI=1S/C11H16NO5PS.C6H5NO2S.C6H15O3P.CH4S/c1-3-16-18(15,17-4-2)9-19-11-7-5-10(6-8-11)12(13)14;8-7(9)5-1-3-6(10)4-2-5;1-4-8-10(7,6-3)9-5-2;1-2/h5-8H,3-4,9H2,1-2H3;1-4,10H;4-6H2,1-3H3;2H,1H3. The van der Waals surface area contributed by atoms with E-state index in [4.69, 9.17) is 18.1 Å². The van der Waals surface area contributed by atoms with Crippen molar-refractivity contribution in [1.82, 2.24) is 0 Å². The molecule has 0 spiro atoms. The third kappa shape index (κ3) is 19.4. The molecule has 0 saturated carbocycles. The average molecular weight is 675 g/mol. The van der Waals surface area contributed by atoms with Gasteiger partial charge in [-0.25, -0.2) is 0 Å². The SMILES string of the molecule is CCOP(=O)(CC)OCC.CCOP(=O)(CSc1ccc([N+](=O)[O-])cc1)OCC.CS.O=[N+]([O-])c1ccc(S)cc1. The zero-order valence-electron chi connectivity index (χ0n) is 24.0. The number of thioether (sulfide) groups is 1. The summed E-state index contributed by atoms with van der Waals surface area (Å²) >= 11 is 8.80. The van der Waals surface area contributed by atoms with Crippen LogP contribution < -0.4 is 0 Å². The minimum atomic E-state index is -3.09. The first-order valence-electron chi connectivity index (χ1n) is 12.4. The Bertz CT molecular complexity index is 1070. The van der Waals surface area contributed by atoms with Crippen molar-refractivity contribution in [3.05, 3.63) is 68.8 Å². The fourth-order valence-electron chi connectivity index (χ4n) is 2.51. The van der Waals surface area contributed by atoms with Gasteiger partial charge >= 0.3 is 15.2 Å². The highest BCUT2D eigenvalue weighted by molar-refractivity contribution is 8.04. The molecule has 2 aromatic carbocycles. The van der Waals surface area contributed by atoms with Gasteiger partial charge < -0.3 is 18.1 Å². The fraction of sp³-hybridized carbons (Fsp3) is 0.500. The van der Waals surface area contributed by atoms with Crippen LogP contribution in [0.25, 0.3) is 0 Å². The van der Waals surface area contributed by atoms with E-state index in [9.17, 15) is 29.4 Å². The Labute approximate surface area is 257 Å². The van der Waals surface area contributed by atoms with E-state index in [0.717, 1.165) is 9.79 Å². The molecule has 0 saturated heterocycles. The van der Waals surface area contributed by atoms with Crippen LogP contribution in [0.3, 0.4) is 0 Å². The van der Waals surface area contributed by atoms with Gasteiger partial charge in [0.15, 0.2) is 0 Å². The monoisotopic (exact) mass is 674 g/mol. The second-order valence-corrected chi connectivity index (χ2v) is 13.4. The van der Waals surface area contributed by atoms with Crippen LogP contribution in [0.4, 0.5) is 11.4 Å². The topological polar surface area (TPSA) is 157 Å². The van der Waals surface area contributed by atoms with E-state index < -0.39 is 25.0 Å². The predicted octanol–water partition coefficient (Wildman–Crippen LogP) is 8.61. The van der Waals surface area contributed by atoms with E-state index in [1.54, 1.807) is 65.1 Å². The highest BCUT2D eigenvalue weighted by Crippen LogP contribution is 2.52. The lowest BCUT2D eigenvalue weighted by molar-refractivity contribution is -0.385. The van der Waals surface area contributed by atoms with Crippen LogP contribution in [0.1, 0.15) is 34.6 Å². The molecule has 17 heteroatoms. The lowest BCUT2D eigenvalue weighted by atomic mass is 10.3. The van der Waals surface area contributed by atoms with Crippen molar-refractivity contribution in [3.8, 4) is 0 Å². The Kier molecular flexibility index (Phi) is 24.5. The normalized spacial score (nSPS) is 10.6. The quantitative estimate of drug-likeness (QED) is 0.0650. The maximum absolute atomic E-state index is 12.2. The van der Waals surface area contributed by atoms with Gasteiger partial charge in [-0.15, -0.1) is 24.4 Å². The van der Waals surface area contributed by atoms with Crippen molar-refractivity contribution < 1.29 is 37.1 Å². The van der Waals surface area contributed by atoms with Crippen molar-refractivity contribution in [1.29, 1.82) is 0 Å². The highest BCUT2D eigenvalue weighted by Gasteiger charge is 2.23. The number of thiol groups is 2. The van der Waals surface area contributed by atoms with Gasteiger partial charge in [0.1, 0.15) is 5.49 Å². The number of nitro benzene ring substituents is 2. The lowest BCUT2D eigenvalue weighted by Crippen LogP contribution is -1.97. The number of nitrogens with zero attached hydrogens (tertiary/aromatic N) is 2. The van der Waals surface area contributed by atoms with Crippen LogP contribution in [0, 0.1) is 20.2 Å². The molecule has 0 unspecified atom stereocenters. The molecule has 0 atom stereocenters. The van der Waals surface area contributed by atoms with Gasteiger partial charge in [-0.1, -0.05) is 6.92 Å². The highest BCUT2D eigenvalue weighted by atomic mass is 32.2. The van der Waals surface area contributed by atoms with Crippen molar-refractivity contribution in [2.75, 3.05) is 44.3 Å². The molecule has 0 aliphatic rings. The second kappa shape index (κ2) is 24.1. The predicted molar refractivity (Wildman–Crippen MR) is 171 cm³/mol. The minimum absolute atomic E-state index is 0.0298. The molecule has 234 valence electrons. The van der Waals surface area contributed by atoms with Crippen molar-refractivity contribution in [2.24, 2.45) is 0 Å². The smallest absolute Gasteiger partial charge is 0.309 e. The molecule has 0 fully saturated rings. The second-order valence-electron chi connectivity index (χ2n) is 7.01. The fourth-order valence-corrected chi connectivity index (χ4v) is 6.90. The van der Waals surface area contributed by atoms with E-state index in [2.05, 4.69) is 25.3 Å². The van der Waals surface area contributed by atoms with Gasteiger partial charge in [-0.05, 0) is 58.2 Å². The summed E-state index contributed by atoms with van der Waals surface area (Å²) in [4.78, 5) is 21.2. The lowest BCUT2D eigenvalue weighted by Gasteiger charge is -2.16. The third-order valence-electron chi connectivity index (χ3n) is 4.19. The van der Waals surface area contributed by atoms with Gasteiger partial charge in [-0.2, -0.15) is 12.6 Å². The third-order valence-corrected chi connectivity index (χ3v) is 10.3. The van der Waals surface area contributed by atoms with Crippen LogP contribution in [0.15, 0.2) is 58.3 Å². The summed E-state index contributed by atoms with van der Waals surface area (Å²) in [6.45, 7) is 10.5. The molecule has 0 radical (unpaired) electrons. The molecular formula is C24H40N2O10P2S3. The van der Waals surface area contributed by atoms with Crippen molar-refractivity contribution in [3.63, 3.8) is 0 Å². The van der Waals surface area contributed by atoms with E-state index >= 15 is 0 Å². The van der Waals surface area contributed by atoms with Crippen LogP contribution >= 0.6 is 52.2 Å². The van der Waals surface area contributed by atoms with Crippen LogP contribution in [-0.2, 0) is 27.2 Å². The van der Waals surface area contributed by atoms with Crippen LogP contribution in [0.2, 0.25) is 0 Å². The summed E-state index contributed by atoms with van der Waals surface area (Å²) in [5.41, 5.74) is 0.312. The minimum Gasteiger partial charge on any atom is -0.309 e. The molecule has 2 rings (SSSR count). The molecule has 0 aliphatic carbocycles. The maximum Gasteiger partial charge on any atom is 0.340 e. The number of rotatable bonds is 14. The first-order valence-corrected chi connectivity index (χ1v) is 18.2. The zero-order chi connectivity index (χ0) is 31.9. The first-order chi connectivity index (χ1) is 19.4. The summed E-state index contributed by atoms with van der Waals surface area (Å²) in [6, 6.07) is 12.1. The number of benzene rings is 2. The number of hydrogen-bond acceptors (Lipinski definition) is 13.